The van der Waals surface area contributed by atoms with Gasteiger partial charge in [0.2, 0.25) is 0 Å². The lowest BCUT2D eigenvalue weighted by molar-refractivity contribution is 0.0958. The molecular formula is C15H16BrN3O2S. The Bertz CT molecular complexity index is 713. The highest BCUT2D eigenvalue weighted by atomic mass is 79.9. The first-order chi connectivity index (χ1) is 10.5. The molecule has 1 heterocycles. The van der Waals surface area contributed by atoms with Crippen LogP contribution in [0.2, 0.25) is 0 Å². The lowest BCUT2D eigenvalue weighted by Gasteiger charge is -2.07. The predicted octanol–water partition coefficient (Wildman–Crippen LogP) is 3.69. The number of thiazole rings is 1. The van der Waals surface area contributed by atoms with Crippen LogP contribution in [0.1, 0.15) is 32.9 Å². The zero-order chi connectivity index (χ0) is 16.1. The van der Waals surface area contributed by atoms with Gasteiger partial charge in [-0.1, -0.05) is 15.9 Å². The number of hydrazone groups is 1. The van der Waals surface area contributed by atoms with Crippen LogP contribution < -0.4 is 10.2 Å². The third-order valence-corrected chi connectivity index (χ3v) is 4.32. The van der Waals surface area contributed by atoms with Crippen molar-refractivity contribution in [1.82, 2.24) is 10.4 Å². The lowest BCUT2D eigenvalue weighted by Crippen LogP contribution is -2.17. The van der Waals surface area contributed by atoms with E-state index in [-0.39, 0.29) is 5.91 Å². The van der Waals surface area contributed by atoms with E-state index in [0.29, 0.717) is 22.9 Å². The summed E-state index contributed by atoms with van der Waals surface area (Å²) in [7, 11) is 0. The molecule has 2 aromatic rings. The van der Waals surface area contributed by atoms with Gasteiger partial charge < -0.3 is 4.74 Å². The topological polar surface area (TPSA) is 63.6 Å². The van der Waals surface area contributed by atoms with Gasteiger partial charge in [-0.05, 0) is 39.0 Å². The minimum Gasteiger partial charge on any atom is -0.493 e. The molecule has 0 radical (unpaired) electrons. The van der Waals surface area contributed by atoms with Crippen molar-refractivity contribution in [2.75, 3.05) is 6.61 Å². The van der Waals surface area contributed by atoms with Gasteiger partial charge in [0, 0.05) is 10.0 Å². The molecule has 0 aliphatic heterocycles. The second-order valence-corrected chi connectivity index (χ2v) is 6.58. The number of hydrogen-bond donors (Lipinski definition) is 1. The van der Waals surface area contributed by atoms with Crippen LogP contribution in [0.5, 0.6) is 5.75 Å². The molecule has 0 fully saturated rings. The number of benzene rings is 1. The van der Waals surface area contributed by atoms with Crippen molar-refractivity contribution >= 4 is 39.4 Å². The number of amides is 1. The van der Waals surface area contributed by atoms with E-state index in [4.69, 9.17) is 4.74 Å². The van der Waals surface area contributed by atoms with E-state index in [1.807, 2.05) is 39.0 Å². The van der Waals surface area contributed by atoms with Crippen molar-refractivity contribution in [3.05, 3.63) is 43.8 Å². The second-order valence-electron chi connectivity index (χ2n) is 4.46. The van der Waals surface area contributed by atoms with Gasteiger partial charge in [-0.15, -0.1) is 11.3 Å². The Morgan fingerprint density at radius 1 is 1.50 bits per heavy atom. The zero-order valence-electron chi connectivity index (χ0n) is 12.5. The maximum absolute atomic E-state index is 12.1. The van der Waals surface area contributed by atoms with Crippen LogP contribution in [0.25, 0.3) is 0 Å². The average molecular weight is 382 g/mol. The number of aryl methyl sites for hydroxylation is 2. The largest absolute Gasteiger partial charge is 0.493 e. The van der Waals surface area contributed by atoms with Crippen LogP contribution in [-0.4, -0.2) is 23.7 Å². The van der Waals surface area contributed by atoms with Crippen LogP contribution in [0.4, 0.5) is 0 Å². The van der Waals surface area contributed by atoms with Gasteiger partial charge in [0.05, 0.1) is 23.5 Å². The maximum Gasteiger partial charge on any atom is 0.283 e. The van der Waals surface area contributed by atoms with E-state index in [9.17, 15) is 4.79 Å². The molecule has 2 rings (SSSR count). The standard InChI is InChI=1S/C15H16BrN3O2S/c1-4-21-13-6-5-12(16)7-11(13)8-17-19-15(20)14-9(2)18-10(3)22-14/h5-8H,4H2,1-3H3,(H,19,20)/b17-8+. The monoisotopic (exact) mass is 381 g/mol. The number of hydrogen-bond acceptors (Lipinski definition) is 5. The molecule has 1 aromatic heterocycles. The molecule has 0 unspecified atom stereocenters. The van der Waals surface area contributed by atoms with Crippen molar-refractivity contribution in [2.45, 2.75) is 20.8 Å². The van der Waals surface area contributed by atoms with E-state index >= 15 is 0 Å². The SMILES string of the molecule is CCOc1ccc(Br)cc1/C=N/NC(=O)c1sc(C)nc1C. The Balaban J connectivity index is 2.11. The normalized spacial score (nSPS) is 10.9. The van der Waals surface area contributed by atoms with Crippen LogP contribution >= 0.6 is 27.3 Å². The van der Waals surface area contributed by atoms with E-state index in [2.05, 4.69) is 31.4 Å². The Morgan fingerprint density at radius 2 is 2.27 bits per heavy atom. The van der Waals surface area contributed by atoms with Gasteiger partial charge >= 0.3 is 0 Å². The Labute approximate surface area is 141 Å². The Hall–Kier alpha value is -1.73. The lowest BCUT2D eigenvalue weighted by atomic mass is 10.2. The summed E-state index contributed by atoms with van der Waals surface area (Å²) >= 11 is 4.76. The quantitative estimate of drug-likeness (QED) is 0.634. The summed E-state index contributed by atoms with van der Waals surface area (Å²) in [5.41, 5.74) is 4.02. The highest BCUT2D eigenvalue weighted by molar-refractivity contribution is 9.10. The van der Waals surface area contributed by atoms with Gasteiger partial charge in [-0.2, -0.15) is 5.10 Å². The number of rotatable bonds is 5. The molecule has 0 atom stereocenters. The highest BCUT2D eigenvalue weighted by Crippen LogP contribution is 2.22. The third-order valence-electron chi connectivity index (χ3n) is 2.75. The van der Waals surface area contributed by atoms with Crippen molar-refractivity contribution in [3.8, 4) is 5.75 Å². The summed E-state index contributed by atoms with van der Waals surface area (Å²) < 4.78 is 6.44. The minimum atomic E-state index is -0.257. The molecule has 0 aliphatic rings. The molecule has 0 aliphatic carbocycles. The van der Waals surface area contributed by atoms with Gasteiger partial charge in [-0.25, -0.2) is 10.4 Å². The fourth-order valence-corrected chi connectivity index (χ4v) is 3.05. The molecule has 1 aromatic carbocycles. The van der Waals surface area contributed by atoms with E-state index < -0.39 is 0 Å². The predicted molar refractivity (Wildman–Crippen MR) is 92.0 cm³/mol. The second kappa shape index (κ2) is 7.51. The highest BCUT2D eigenvalue weighted by Gasteiger charge is 2.12. The molecule has 0 saturated carbocycles. The minimum absolute atomic E-state index is 0.257. The van der Waals surface area contributed by atoms with Crippen molar-refractivity contribution in [3.63, 3.8) is 0 Å². The Kier molecular flexibility index (Phi) is 5.68. The van der Waals surface area contributed by atoms with Gasteiger partial charge in [0.1, 0.15) is 10.6 Å². The van der Waals surface area contributed by atoms with Crippen LogP contribution in [0.15, 0.2) is 27.8 Å². The first kappa shape index (κ1) is 16.6. The van der Waals surface area contributed by atoms with Crippen LogP contribution in [-0.2, 0) is 0 Å². The molecule has 22 heavy (non-hydrogen) atoms. The van der Waals surface area contributed by atoms with Crippen LogP contribution in [0.3, 0.4) is 0 Å². The summed E-state index contributed by atoms with van der Waals surface area (Å²) in [5, 5.41) is 4.86. The fraction of sp³-hybridized carbons (Fsp3) is 0.267. The van der Waals surface area contributed by atoms with E-state index in [1.54, 1.807) is 6.21 Å². The molecule has 116 valence electrons. The molecule has 5 nitrogen and oxygen atoms in total. The van der Waals surface area contributed by atoms with Crippen molar-refractivity contribution in [1.29, 1.82) is 0 Å². The summed E-state index contributed by atoms with van der Waals surface area (Å²) in [5.74, 6) is 0.459. The number of nitrogens with zero attached hydrogens (tertiary/aromatic N) is 2. The summed E-state index contributed by atoms with van der Waals surface area (Å²) in [6.07, 6.45) is 1.57. The van der Waals surface area contributed by atoms with Gasteiger partial charge in [-0.3, -0.25) is 4.79 Å². The summed E-state index contributed by atoms with van der Waals surface area (Å²) in [6.45, 7) is 6.16. The molecule has 0 spiro atoms. The van der Waals surface area contributed by atoms with E-state index in [1.165, 1.54) is 11.3 Å². The molecule has 0 bridgehead atoms. The average Bonchev–Trinajstić information content (AvgIpc) is 2.80. The first-order valence-electron chi connectivity index (χ1n) is 6.71. The summed E-state index contributed by atoms with van der Waals surface area (Å²) in [4.78, 5) is 16.9. The fourth-order valence-electron chi connectivity index (χ4n) is 1.86. The number of halogens is 1. The number of nitrogens with one attached hydrogen (secondary N) is 1. The molecular weight excluding hydrogens is 366 g/mol. The van der Waals surface area contributed by atoms with Crippen molar-refractivity contribution < 1.29 is 9.53 Å². The van der Waals surface area contributed by atoms with Crippen LogP contribution in [0, 0.1) is 13.8 Å². The number of carbonyl (C=O) groups excluding carboxylic acids is 1. The third kappa shape index (κ3) is 4.14. The summed E-state index contributed by atoms with van der Waals surface area (Å²) in [6, 6.07) is 5.63. The molecule has 1 amide bonds. The van der Waals surface area contributed by atoms with Gasteiger partial charge in [0.25, 0.3) is 5.91 Å². The molecule has 0 saturated heterocycles. The maximum atomic E-state index is 12.1. The molecule has 1 N–H and O–H groups in total. The zero-order valence-corrected chi connectivity index (χ0v) is 14.9. The van der Waals surface area contributed by atoms with Crippen molar-refractivity contribution in [2.24, 2.45) is 5.10 Å². The number of carbonyl (C=O) groups is 1. The molecule has 7 heteroatoms. The smallest absolute Gasteiger partial charge is 0.283 e. The van der Waals surface area contributed by atoms with E-state index in [0.717, 1.165) is 15.0 Å². The number of aromatic nitrogens is 1. The first-order valence-corrected chi connectivity index (χ1v) is 8.32. The number of ether oxygens (including phenoxy) is 1. The van der Waals surface area contributed by atoms with Gasteiger partial charge in [0.15, 0.2) is 0 Å². The Morgan fingerprint density at radius 3 is 2.91 bits per heavy atom.